The van der Waals surface area contributed by atoms with Crippen molar-refractivity contribution >= 4 is 29.0 Å². The van der Waals surface area contributed by atoms with Gasteiger partial charge in [-0.1, -0.05) is 68.1 Å². The SMILES string of the molecule is CCN(CC)Cc1ccc(CNC(=O)c2ccccc2CSc2nc(C)cs2)cc1. The molecule has 0 saturated heterocycles. The van der Waals surface area contributed by atoms with Gasteiger partial charge in [0.25, 0.3) is 5.91 Å². The van der Waals surface area contributed by atoms with Crippen LogP contribution in [0.15, 0.2) is 58.3 Å². The predicted molar refractivity (Wildman–Crippen MR) is 127 cm³/mol. The van der Waals surface area contributed by atoms with Crippen molar-refractivity contribution in [2.75, 3.05) is 13.1 Å². The minimum atomic E-state index is -0.0336. The third-order valence-electron chi connectivity index (χ3n) is 4.99. The first kappa shape index (κ1) is 22.5. The van der Waals surface area contributed by atoms with Gasteiger partial charge in [-0.05, 0) is 42.8 Å². The second kappa shape index (κ2) is 11.3. The predicted octanol–water partition coefficient (Wildman–Crippen LogP) is 5.52. The standard InChI is InChI=1S/C24H29N3OS2/c1-4-27(5-2)15-20-12-10-19(11-13-20)14-25-23(28)22-9-7-6-8-21(22)17-30-24-26-18(3)16-29-24/h6-13,16H,4-5,14-15,17H2,1-3H3,(H,25,28). The number of thiazole rings is 1. The van der Waals surface area contributed by atoms with E-state index < -0.39 is 0 Å². The van der Waals surface area contributed by atoms with Crippen LogP contribution in [0.5, 0.6) is 0 Å². The third kappa shape index (κ3) is 6.42. The summed E-state index contributed by atoms with van der Waals surface area (Å²) in [6, 6.07) is 16.3. The number of aromatic nitrogens is 1. The first-order valence-corrected chi connectivity index (χ1v) is 12.2. The molecule has 30 heavy (non-hydrogen) atoms. The van der Waals surface area contributed by atoms with Crippen LogP contribution in [0.1, 0.15) is 46.6 Å². The number of rotatable bonds is 10. The zero-order valence-electron chi connectivity index (χ0n) is 17.9. The topological polar surface area (TPSA) is 45.2 Å². The lowest BCUT2D eigenvalue weighted by molar-refractivity contribution is 0.0950. The Morgan fingerprint density at radius 3 is 2.43 bits per heavy atom. The van der Waals surface area contributed by atoms with Crippen molar-refractivity contribution in [3.63, 3.8) is 0 Å². The van der Waals surface area contributed by atoms with Crippen molar-refractivity contribution < 1.29 is 4.79 Å². The molecular formula is C24H29N3OS2. The lowest BCUT2D eigenvalue weighted by Gasteiger charge is -2.18. The van der Waals surface area contributed by atoms with Gasteiger partial charge in [0, 0.05) is 35.5 Å². The van der Waals surface area contributed by atoms with Crippen molar-refractivity contribution in [3.8, 4) is 0 Å². The zero-order chi connectivity index (χ0) is 21.3. The van der Waals surface area contributed by atoms with Gasteiger partial charge < -0.3 is 5.32 Å². The summed E-state index contributed by atoms with van der Waals surface area (Å²) in [5.74, 6) is 0.699. The Bertz CT molecular complexity index is 949. The monoisotopic (exact) mass is 439 g/mol. The first-order valence-electron chi connectivity index (χ1n) is 10.3. The van der Waals surface area contributed by atoms with Crippen molar-refractivity contribution in [1.82, 2.24) is 15.2 Å². The van der Waals surface area contributed by atoms with Crippen molar-refractivity contribution in [2.45, 2.75) is 44.0 Å². The quantitative estimate of drug-likeness (QED) is 0.423. The van der Waals surface area contributed by atoms with E-state index in [0.717, 1.165) is 52.1 Å². The summed E-state index contributed by atoms with van der Waals surface area (Å²) in [4.78, 5) is 19.7. The second-order valence-electron chi connectivity index (χ2n) is 7.16. The largest absolute Gasteiger partial charge is 0.348 e. The number of benzene rings is 2. The molecule has 0 aliphatic rings. The molecule has 0 aliphatic heterocycles. The van der Waals surface area contributed by atoms with Crippen LogP contribution in [-0.4, -0.2) is 28.9 Å². The second-order valence-corrected chi connectivity index (χ2v) is 9.24. The fraction of sp³-hybridized carbons (Fsp3) is 0.333. The van der Waals surface area contributed by atoms with Crippen LogP contribution in [0.4, 0.5) is 0 Å². The fourth-order valence-corrected chi connectivity index (χ4v) is 5.00. The Morgan fingerprint density at radius 2 is 1.77 bits per heavy atom. The highest BCUT2D eigenvalue weighted by atomic mass is 32.2. The van der Waals surface area contributed by atoms with Crippen LogP contribution in [0.2, 0.25) is 0 Å². The van der Waals surface area contributed by atoms with Crippen LogP contribution >= 0.6 is 23.1 Å². The molecule has 6 heteroatoms. The van der Waals surface area contributed by atoms with Gasteiger partial charge in [-0.25, -0.2) is 4.98 Å². The first-order chi connectivity index (χ1) is 14.6. The van der Waals surface area contributed by atoms with Crippen LogP contribution in [-0.2, 0) is 18.8 Å². The number of hydrogen-bond acceptors (Lipinski definition) is 5. The molecule has 0 atom stereocenters. The minimum Gasteiger partial charge on any atom is -0.348 e. The fourth-order valence-electron chi connectivity index (χ4n) is 3.15. The van der Waals surface area contributed by atoms with Crippen LogP contribution < -0.4 is 5.32 Å². The molecule has 0 saturated carbocycles. The molecule has 158 valence electrons. The highest BCUT2D eigenvalue weighted by Gasteiger charge is 2.12. The van der Waals surface area contributed by atoms with E-state index in [2.05, 4.69) is 53.3 Å². The number of aryl methyl sites for hydroxylation is 1. The van der Waals surface area contributed by atoms with E-state index in [9.17, 15) is 4.79 Å². The molecule has 0 unspecified atom stereocenters. The van der Waals surface area contributed by atoms with Gasteiger partial charge in [0.1, 0.15) is 4.34 Å². The normalized spacial score (nSPS) is 11.1. The molecule has 1 aromatic heterocycles. The van der Waals surface area contributed by atoms with Crippen LogP contribution in [0.25, 0.3) is 0 Å². The van der Waals surface area contributed by atoms with E-state index in [-0.39, 0.29) is 5.91 Å². The van der Waals surface area contributed by atoms with Crippen LogP contribution in [0, 0.1) is 6.92 Å². The van der Waals surface area contributed by atoms with E-state index >= 15 is 0 Å². The molecule has 1 amide bonds. The molecule has 0 fully saturated rings. The smallest absolute Gasteiger partial charge is 0.251 e. The summed E-state index contributed by atoms with van der Waals surface area (Å²) in [5, 5.41) is 5.12. The molecule has 3 rings (SSSR count). The Hall–Kier alpha value is -2.15. The maximum atomic E-state index is 12.8. The van der Waals surface area contributed by atoms with Crippen molar-refractivity contribution in [3.05, 3.63) is 81.9 Å². The summed E-state index contributed by atoms with van der Waals surface area (Å²) in [6.45, 7) is 9.95. The summed E-state index contributed by atoms with van der Waals surface area (Å²) in [6.07, 6.45) is 0. The summed E-state index contributed by atoms with van der Waals surface area (Å²) < 4.78 is 1.03. The van der Waals surface area contributed by atoms with Gasteiger partial charge in [0.2, 0.25) is 0 Å². The van der Waals surface area contributed by atoms with Crippen molar-refractivity contribution in [2.24, 2.45) is 0 Å². The van der Waals surface area contributed by atoms with Gasteiger partial charge in [0.05, 0.1) is 0 Å². The number of carbonyl (C=O) groups excluding carboxylic acids is 1. The summed E-state index contributed by atoms with van der Waals surface area (Å²) >= 11 is 3.32. The molecule has 0 spiro atoms. The Morgan fingerprint density at radius 1 is 1.07 bits per heavy atom. The number of nitrogens with one attached hydrogen (secondary N) is 1. The summed E-state index contributed by atoms with van der Waals surface area (Å²) in [7, 11) is 0. The third-order valence-corrected chi connectivity index (χ3v) is 7.18. The van der Waals surface area contributed by atoms with E-state index in [1.165, 1.54) is 5.56 Å². The molecular weight excluding hydrogens is 410 g/mol. The van der Waals surface area contributed by atoms with Gasteiger partial charge in [0.15, 0.2) is 0 Å². The lowest BCUT2D eigenvalue weighted by atomic mass is 10.1. The van der Waals surface area contributed by atoms with Gasteiger partial charge in [-0.3, -0.25) is 9.69 Å². The lowest BCUT2D eigenvalue weighted by Crippen LogP contribution is -2.24. The van der Waals surface area contributed by atoms with Crippen LogP contribution in [0.3, 0.4) is 0 Å². The highest BCUT2D eigenvalue weighted by molar-refractivity contribution is 8.00. The average Bonchev–Trinajstić information content (AvgIpc) is 3.20. The van der Waals surface area contributed by atoms with Crippen molar-refractivity contribution in [1.29, 1.82) is 0 Å². The van der Waals surface area contributed by atoms with Gasteiger partial charge in [-0.2, -0.15) is 0 Å². The summed E-state index contributed by atoms with van der Waals surface area (Å²) in [5.41, 5.74) is 5.21. The molecule has 1 heterocycles. The molecule has 3 aromatic rings. The van der Waals surface area contributed by atoms with E-state index in [1.807, 2.05) is 36.6 Å². The molecule has 0 bridgehead atoms. The molecule has 2 aromatic carbocycles. The highest BCUT2D eigenvalue weighted by Crippen LogP contribution is 2.27. The Labute approximate surface area is 187 Å². The number of amides is 1. The van der Waals surface area contributed by atoms with E-state index in [1.54, 1.807) is 23.1 Å². The molecule has 1 N–H and O–H groups in total. The molecule has 0 radical (unpaired) electrons. The zero-order valence-corrected chi connectivity index (χ0v) is 19.5. The average molecular weight is 440 g/mol. The maximum Gasteiger partial charge on any atom is 0.251 e. The van der Waals surface area contributed by atoms with Gasteiger partial charge in [-0.15, -0.1) is 11.3 Å². The number of nitrogens with zero attached hydrogens (tertiary/aromatic N) is 2. The minimum absolute atomic E-state index is 0.0336. The number of thioether (sulfide) groups is 1. The molecule has 4 nitrogen and oxygen atoms in total. The Balaban J connectivity index is 1.57. The van der Waals surface area contributed by atoms with Gasteiger partial charge >= 0.3 is 0 Å². The Kier molecular flexibility index (Phi) is 8.49. The van der Waals surface area contributed by atoms with E-state index in [0.29, 0.717) is 6.54 Å². The van der Waals surface area contributed by atoms with E-state index in [4.69, 9.17) is 0 Å². The molecule has 0 aliphatic carbocycles. The number of carbonyl (C=O) groups is 1. The number of hydrogen-bond donors (Lipinski definition) is 1. The maximum absolute atomic E-state index is 12.8.